The van der Waals surface area contributed by atoms with E-state index in [4.69, 9.17) is 8.94 Å². The van der Waals surface area contributed by atoms with Crippen LogP contribution in [0.25, 0.3) is 11.5 Å². The zero-order chi connectivity index (χ0) is 13.3. The molecular formula is C14H16N2O3. The quantitative estimate of drug-likeness (QED) is 0.896. The molecule has 0 aromatic carbocycles. The van der Waals surface area contributed by atoms with E-state index in [2.05, 4.69) is 10.5 Å². The monoisotopic (exact) mass is 260 g/mol. The van der Waals surface area contributed by atoms with Crippen molar-refractivity contribution in [2.45, 2.75) is 31.6 Å². The third-order valence-electron chi connectivity index (χ3n) is 3.48. The number of hydrogen-bond acceptors (Lipinski definition) is 4. The van der Waals surface area contributed by atoms with E-state index in [0.29, 0.717) is 23.8 Å². The molecule has 0 radical (unpaired) electrons. The standard InChI is InChI=1S/C14H16N2O3/c1-2-7-15-13(17)14(5-6-14)12-9-11(19-16-12)10-4-3-8-18-10/h3-4,8-9H,2,5-7H2,1H3,(H,15,17). The van der Waals surface area contributed by atoms with E-state index < -0.39 is 5.41 Å². The first kappa shape index (κ1) is 12.0. The van der Waals surface area contributed by atoms with Crippen molar-refractivity contribution in [3.63, 3.8) is 0 Å². The van der Waals surface area contributed by atoms with Crippen molar-refractivity contribution in [2.75, 3.05) is 6.54 Å². The van der Waals surface area contributed by atoms with Gasteiger partial charge in [-0.3, -0.25) is 4.79 Å². The molecule has 3 rings (SSSR count). The Hall–Kier alpha value is -2.04. The minimum atomic E-state index is -0.483. The van der Waals surface area contributed by atoms with E-state index in [1.165, 1.54) is 0 Å². The van der Waals surface area contributed by atoms with Gasteiger partial charge < -0.3 is 14.3 Å². The highest BCUT2D eigenvalue weighted by Crippen LogP contribution is 2.48. The number of carbonyl (C=O) groups is 1. The topological polar surface area (TPSA) is 68.3 Å². The van der Waals surface area contributed by atoms with Crippen molar-refractivity contribution >= 4 is 5.91 Å². The fourth-order valence-electron chi connectivity index (χ4n) is 2.17. The normalized spacial score (nSPS) is 16.3. The van der Waals surface area contributed by atoms with Crippen molar-refractivity contribution in [3.8, 4) is 11.5 Å². The van der Waals surface area contributed by atoms with Crippen LogP contribution in [0.1, 0.15) is 31.9 Å². The second-order valence-electron chi connectivity index (χ2n) is 4.89. The molecule has 1 amide bonds. The summed E-state index contributed by atoms with van der Waals surface area (Å²) in [5.74, 6) is 1.24. The smallest absolute Gasteiger partial charge is 0.232 e. The van der Waals surface area contributed by atoms with Crippen LogP contribution in [-0.2, 0) is 10.2 Å². The lowest BCUT2D eigenvalue weighted by Gasteiger charge is -2.11. The van der Waals surface area contributed by atoms with Crippen LogP contribution < -0.4 is 5.32 Å². The number of carbonyl (C=O) groups excluding carboxylic acids is 1. The third kappa shape index (κ3) is 2.05. The van der Waals surface area contributed by atoms with E-state index in [-0.39, 0.29) is 5.91 Å². The van der Waals surface area contributed by atoms with Gasteiger partial charge in [-0.15, -0.1) is 0 Å². The van der Waals surface area contributed by atoms with E-state index in [1.54, 1.807) is 24.5 Å². The highest BCUT2D eigenvalue weighted by Gasteiger charge is 2.53. The zero-order valence-corrected chi connectivity index (χ0v) is 10.8. The van der Waals surface area contributed by atoms with Crippen LogP contribution in [0.2, 0.25) is 0 Å². The van der Waals surface area contributed by atoms with Gasteiger partial charge in [0.2, 0.25) is 11.7 Å². The molecule has 2 aromatic heterocycles. The van der Waals surface area contributed by atoms with Gasteiger partial charge in [0, 0.05) is 12.6 Å². The SMILES string of the molecule is CCCNC(=O)C1(c2cc(-c3ccco3)on2)CC1. The molecular weight excluding hydrogens is 244 g/mol. The number of aromatic nitrogens is 1. The number of furan rings is 1. The predicted molar refractivity (Wildman–Crippen MR) is 68.4 cm³/mol. The Kier molecular flexibility index (Phi) is 2.89. The first-order chi connectivity index (χ1) is 9.26. The Bertz CT molecular complexity index is 567. The second kappa shape index (κ2) is 4.57. The van der Waals surface area contributed by atoms with Crippen molar-refractivity contribution in [2.24, 2.45) is 0 Å². The summed E-state index contributed by atoms with van der Waals surface area (Å²) < 4.78 is 10.5. The number of nitrogens with one attached hydrogen (secondary N) is 1. The Balaban J connectivity index is 1.81. The maximum absolute atomic E-state index is 12.2. The van der Waals surface area contributed by atoms with Gasteiger partial charge in [-0.05, 0) is 31.4 Å². The van der Waals surface area contributed by atoms with Gasteiger partial charge in [-0.2, -0.15) is 0 Å². The van der Waals surface area contributed by atoms with Crippen LogP contribution in [0.3, 0.4) is 0 Å². The van der Waals surface area contributed by atoms with Crippen LogP contribution in [0.4, 0.5) is 0 Å². The lowest BCUT2D eigenvalue weighted by Crippen LogP contribution is -2.35. The van der Waals surface area contributed by atoms with Crippen LogP contribution in [-0.4, -0.2) is 17.6 Å². The average Bonchev–Trinajstić information content (AvgIpc) is 2.88. The number of amides is 1. The summed E-state index contributed by atoms with van der Waals surface area (Å²) in [6.45, 7) is 2.73. The summed E-state index contributed by atoms with van der Waals surface area (Å²) in [5.41, 5.74) is 0.219. The molecule has 19 heavy (non-hydrogen) atoms. The number of rotatable bonds is 5. The van der Waals surface area contributed by atoms with E-state index in [0.717, 1.165) is 19.3 Å². The molecule has 2 aromatic rings. The predicted octanol–water partition coefficient (Wildman–Crippen LogP) is 2.49. The molecule has 0 atom stereocenters. The first-order valence-corrected chi connectivity index (χ1v) is 6.55. The van der Waals surface area contributed by atoms with Crippen LogP contribution >= 0.6 is 0 Å². The molecule has 0 saturated heterocycles. The highest BCUT2D eigenvalue weighted by atomic mass is 16.5. The Labute approximate surface area is 111 Å². The lowest BCUT2D eigenvalue weighted by atomic mass is 10.0. The molecule has 0 bridgehead atoms. The van der Waals surface area contributed by atoms with Crippen molar-refractivity contribution in [1.29, 1.82) is 0 Å². The van der Waals surface area contributed by atoms with Crippen molar-refractivity contribution < 1.29 is 13.7 Å². The largest absolute Gasteiger partial charge is 0.461 e. The van der Waals surface area contributed by atoms with Gasteiger partial charge in [-0.25, -0.2) is 0 Å². The molecule has 100 valence electrons. The minimum Gasteiger partial charge on any atom is -0.461 e. The fraction of sp³-hybridized carbons (Fsp3) is 0.429. The fourth-order valence-corrected chi connectivity index (χ4v) is 2.17. The molecule has 1 saturated carbocycles. The highest BCUT2D eigenvalue weighted by molar-refractivity contribution is 5.90. The summed E-state index contributed by atoms with van der Waals surface area (Å²) in [6.07, 6.45) is 4.16. The van der Waals surface area contributed by atoms with Crippen LogP contribution in [0, 0.1) is 0 Å². The third-order valence-corrected chi connectivity index (χ3v) is 3.48. The number of nitrogens with zero attached hydrogens (tertiary/aromatic N) is 1. The molecule has 0 unspecified atom stereocenters. The summed E-state index contributed by atoms with van der Waals surface area (Å²) in [6, 6.07) is 5.40. The van der Waals surface area contributed by atoms with E-state index in [9.17, 15) is 4.79 Å². The van der Waals surface area contributed by atoms with Crippen LogP contribution in [0.5, 0.6) is 0 Å². The molecule has 0 aliphatic heterocycles. The maximum atomic E-state index is 12.2. The molecule has 1 aliphatic rings. The van der Waals surface area contributed by atoms with Crippen molar-refractivity contribution in [1.82, 2.24) is 10.5 Å². The maximum Gasteiger partial charge on any atom is 0.232 e. The van der Waals surface area contributed by atoms with Gasteiger partial charge in [0.05, 0.1) is 17.4 Å². The summed E-state index contributed by atoms with van der Waals surface area (Å²) >= 11 is 0. The molecule has 1 fully saturated rings. The van der Waals surface area contributed by atoms with Gasteiger partial charge in [-0.1, -0.05) is 12.1 Å². The molecule has 5 nitrogen and oxygen atoms in total. The molecule has 0 spiro atoms. The zero-order valence-electron chi connectivity index (χ0n) is 10.8. The molecule has 1 aliphatic carbocycles. The first-order valence-electron chi connectivity index (χ1n) is 6.55. The van der Waals surface area contributed by atoms with E-state index in [1.807, 2.05) is 6.92 Å². The summed E-state index contributed by atoms with van der Waals surface area (Å²) in [4.78, 5) is 12.2. The van der Waals surface area contributed by atoms with Gasteiger partial charge in [0.25, 0.3) is 0 Å². The summed E-state index contributed by atoms with van der Waals surface area (Å²) in [7, 11) is 0. The van der Waals surface area contributed by atoms with E-state index >= 15 is 0 Å². The second-order valence-corrected chi connectivity index (χ2v) is 4.89. The summed E-state index contributed by atoms with van der Waals surface area (Å²) in [5, 5.41) is 6.97. The minimum absolute atomic E-state index is 0.0497. The Morgan fingerprint density at radius 1 is 1.47 bits per heavy atom. The average molecular weight is 260 g/mol. The Morgan fingerprint density at radius 2 is 2.32 bits per heavy atom. The van der Waals surface area contributed by atoms with Crippen LogP contribution in [0.15, 0.2) is 33.4 Å². The van der Waals surface area contributed by atoms with Gasteiger partial charge in [0.1, 0.15) is 0 Å². The van der Waals surface area contributed by atoms with Crippen molar-refractivity contribution in [3.05, 3.63) is 30.2 Å². The molecule has 1 N–H and O–H groups in total. The Morgan fingerprint density at radius 3 is 2.95 bits per heavy atom. The molecule has 2 heterocycles. The van der Waals surface area contributed by atoms with Gasteiger partial charge in [0.15, 0.2) is 5.76 Å². The lowest BCUT2D eigenvalue weighted by molar-refractivity contribution is -0.123. The number of hydrogen-bond donors (Lipinski definition) is 1. The molecule has 5 heteroatoms. The van der Waals surface area contributed by atoms with Gasteiger partial charge >= 0.3 is 0 Å².